The molecule has 2 saturated heterocycles. The summed E-state index contributed by atoms with van der Waals surface area (Å²) in [6, 6.07) is 0. The predicted octanol–water partition coefficient (Wildman–Crippen LogP) is -1.00. The number of hydrogen-bond acceptors (Lipinski definition) is 4. The minimum Gasteiger partial charge on any atom is -0.285 e. The molecule has 0 unspecified atom stereocenters. The summed E-state index contributed by atoms with van der Waals surface area (Å²) in [4.78, 5) is 48.1. The molecule has 0 N–H and O–H groups in total. The molecule has 6 nitrogen and oxygen atoms in total. The highest BCUT2D eigenvalue weighted by molar-refractivity contribution is 6.09. The largest absolute Gasteiger partial charge is 0.285 e. The molecule has 0 spiro atoms. The van der Waals surface area contributed by atoms with Gasteiger partial charge in [-0.3, -0.25) is 29.0 Å². The Morgan fingerprint density at radius 3 is 1.31 bits per heavy atom. The van der Waals surface area contributed by atoms with Gasteiger partial charge in [-0.2, -0.15) is 0 Å². The predicted molar refractivity (Wildman–Crippen MR) is 51.8 cm³/mol. The van der Waals surface area contributed by atoms with E-state index in [0.717, 1.165) is 9.80 Å². The van der Waals surface area contributed by atoms with E-state index in [9.17, 15) is 19.2 Å². The first-order chi connectivity index (χ1) is 7.43. The number of amides is 4. The topological polar surface area (TPSA) is 74.8 Å². The van der Waals surface area contributed by atoms with Crippen LogP contribution in [0.1, 0.15) is 12.8 Å². The molecule has 2 fully saturated rings. The Kier molecular flexibility index (Phi) is 2.29. The van der Waals surface area contributed by atoms with E-state index in [0.29, 0.717) is 0 Å². The fourth-order valence-electron chi connectivity index (χ4n) is 2.20. The molecule has 0 aromatic heterocycles. The van der Waals surface area contributed by atoms with Gasteiger partial charge in [0.25, 0.3) is 0 Å². The van der Waals surface area contributed by atoms with Gasteiger partial charge in [-0.1, -0.05) is 0 Å². The third kappa shape index (κ3) is 1.33. The molecule has 6 heteroatoms. The zero-order valence-corrected chi connectivity index (χ0v) is 9.10. The molecule has 2 rings (SSSR count). The van der Waals surface area contributed by atoms with Gasteiger partial charge in [-0.15, -0.1) is 0 Å². The van der Waals surface area contributed by atoms with Crippen LogP contribution in [0.5, 0.6) is 0 Å². The van der Waals surface area contributed by atoms with Gasteiger partial charge in [-0.25, -0.2) is 0 Å². The summed E-state index contributed by atoms with van der Waals surface area (Å²) in [6.45, 7) is 0. The van der Waals surface area contributed by atoms with Crippen LogP contribution in [0.2, 0.25) is 0 Å². The molecule has 16 heavy (non-hydrogen) atoms. The third-order valence-corrected chi connectivity index (χ3v) is 3.32. The van der Waals surface area contributed by atoms with Gasteiger partial charge in [-0.05, 0) is 0 Å². The number of imide groups is 2. The number of carbonyl (C=O) groups is 4. The first kappa shape index (κ1) is 10.8. The number of likely N-dealkylation sites (tertiary alicyclic amines) is 2. The highest BCUT2D eigenvalue weighted by Gasteiger charge is 2.49. The van der Waals surface area contributed by atoms with Crippen molar-refractivity contribution in [2.45, 2.75) is 12.8 Å². The molecule has 0 radical (unpaired) electrons. The van der Waals surface area contributed by atoms with Crippen molar-refractivity contribution in [2.75, 3.05) is 14.1 Å². The lowest BCUT2D eigenvalue weighted by molar-refractivity contribution is -0.142. The lowest BCUT2D eigenvalue weighted by Gasteiger charge is -2.13. The summed E-state index contributed by atoms with van der Waals surface area (Å²) < 4.78 is 0. The Balaban J connectivity index is 2.22. The van der Waals surface area contributed by atoms with Crippen molar-refractivity contribution < 1.29 is 19.2 Å². The molecule has 2 atom stereocenters. The summed E-state index contributed by atoms with van der Waals surface area (Å²) in [6.07, 6.45) is 0.0692. The lowest BCUT2D eigenvalue weighted by atomic mass is 9.89. The van der Waals surface area contributed by atoms with Crippen LogP contribution in [0.25, 0.3) is 0 Å². The maximum atomic E-state index is 11.7. The van der Waals surface area contributed by atoms with Gasteiger partial charge in [0.2, 0.25) is 23.6 Å². The molecule has 2 aliphatic rings. The zero-order valence-electron chi connectivity index (χ0n) is 9.10. The van der Waals surface area contributed by atoms with Gasteiger partial charge >= 0.3 is 0 Å². The summed E-state index contributed by atoms with van der Waals surface area (Å²) in [7, 11) is 2.80. The van der Waals surface area contributed by atoms with Crippen LogP contribution in [0.15, 0.2) is 0 Å². The second-order valence-electron chi connectivity index (χ2n) is 4.20. The molecule has 2 aliphatic heterocycles. The lowest BCUT2D eigenvalue weighted by Crippen LogP contribution is -2.32. The van der Waals surface area contributed by atoms with Gasteiger partial charge in [0.15, 0.2) is 0 Å². The summed E-state index contributed by atoms with van der Waals surface area (Å²) in [5.41, 5.74) is 0. The van der Waals surface area contributed by atoms with E-state index in [-0.39, 0.29) is 36.5 Å². The molecular formula is C10H12N2O4. The van der Waals surface area contributed by atoms with Crippen LogP contribution in [-0.2, 0) is 19.2 Å². The maximum Gasteiger partial charge on any atom is 0.233 e. The first-order valence-corrected chi connectivity index (χ1v) is 5.04. The zero-order chi connectivity index (χ0) is 12.0. The van der Waals surface area contributed by atoms with Crippen molar-refractivity contribution in [3.05, 3.63) is 0 Å². The van der Waals surface area contributed by atoms with Crippen LogP contribution in [0.4, 0.5) is 0 Å². The minimum atomic E-state index is -0.654. The minimum absolute atomic E-state index is 0.0346. The van der Waals surface area contributed by atoms with Gasteiger partial charge in [0, 0.05) is 26.9 Å². The molecule has 0 aliphatic carbocycles. The highest BCUT2D eigenvalue weighted by Crippen LogP contribution is 2.33. The number of nitrogens with zero attached hydrogens (tertiary/aromatic N) is 2. The van der Waals surface area contributed by atoms with Crippen LogP contribution in [0.3, 0.4) is 0 Å². The molecule has 0 saturated carbocycles. The second kappa shape index (κ2) is 3.40. The molecule has 0 aromatic rings. The fraction of sp³-hybridized carbons (Fsp3) is 0.600. The van der Waals surface area contributed by atoms with Gasteiger partial charge < -0.3 is 0 Å². The van der Waals surface area contributed by atoms with Crippen molar-refractivity contribution >= 4 is 23.6 Å². The van der Waals surface area contributed by atoms with E-state index in [2.05, 4.69) is 0 Å². The Morgan fingerprint density at radius 1 is 0.812 bits per heavy atom. The molecular weight excluding hydrogens is 212 g/mol. The van der Waals surface area contributed by atoms with Crippen LogP contribution in [0, 0.1) is 11.8 Å². The quantitative estimate of drug-likeness (QED) is 0.535. The normalized spacial score (nSPS) is 30.9. The van der Waals surface area contributed by atoms with E-state index < -0.39 is 11.8 Å². The first-order valence-electron chi connectivity index (χ1n) is 5.04. The van der Waals surface area contributed by atoms with Crippen molar-refractivity contribution in [2.24, 2.45) is 11.8 Å². The average molecular weight is 224 g/mol. The number of carbonyl (C=O) groups excluding carboxylic acids is 4. The van der Waals surface area contributed by atoms with E-state index in [1.807, 2.05) is 0 Å². The van der Waals surface area contributed by atoms with Crippen molar-refractivity contribution in [3.8, 4) is 0 Å². The van der Waals surface area contributed by atoms with Crippen LogP contribution >= 0.6 is 0 Å². The second-order valence-corrected chi connectivity index (χ2v) is 4.20. The van der Waals surface area contributed by atoms with Gasteiger partial charge in [0.05, 0.1) is 11.8 Å². The Morgan fingerprint density at radius 2 is 1.12 bits per heavy atom. The van der Waals surface area contributed by atoms with Crippen LogP contribution in [-0.4, -0.2) is 47.5 Å². The van der Waals surface area contributed by atoms with E-state index in [4.69, 9.17) is 0 Å². The SMILES string of the molecule is CN1C(=O)C[C@@H]([C@H]2CC(=O)N(C)C2=O)C1=O. The Hall–Kier alpha value is -1.72. The van der Waals surface area contributed by atoms with Crippen molar-refractivity contribution in [3.63, 3.8) is 0 Å². The highest BCUT2D eigenvalue weighted by atomic mass is 16.2. The monoisotopic (exact) mass is 224 g/mol. The van der Waals surface area contributed by atoms with E-state index in [1.54, 1.807) is 0 Å². The summed E-state index contributed by atoms with van der Waals surface area (Å²) in [5, 5.41) is 0. The van der Waals surface area contributed by atoms with Crippen molar-refractivity contribution in [1.29, 1.82) is 0 Å². The standard InChI is InChI=1S/C10H12N2O4/c1-11-7(13)3-5(9(11)15)6-4-8(14)12(2)10(6)16/h5-6H,3-4H2,1-2H3/t5-,6+. The van der Waals surface area contributed by atoms with Crippen molar-refractivity contribution in [1.82, 2.24) is 9.80 Å². The molecule has 86 valence electrons. The molecule has 2 heterocycles. The third-order valence-electron chi connectivity index (χ3n) is 3.32. The fourth-order valence-corrected chi connectivity index (χ4v) is 2.20. The average Bonchev–Trinajstić information content (AvgIpc) is 2.64. The molecule has 0 bridgehead atoms. The van der Waals surface area contributed by atoms with Gasteiger partial charge in [0.1, 0.15) is 0 Å². The molecule has 4 amide bonds. The maximum absolute atomic E-state index is 11.7. The summed E-state index contributed by atoms with van der Waals surface area (Å²) >= 11 is 0. The van der Waals surface area contributed by atoms with Crippen LogP contribution < -0.4 is 0 Å². The Bertz CT molecular complexity index is 366. The smallest absolute Gasteiger partial charge is 0.233 e. The van der Waals surface area contributed by atoms with E-state index in [1.165, 1.54) is 14.1 Å². The van der Waals surface area contributed by atoms with E-state index >= 15 is 0 Å². The molecule has 0 aromatic carbocycles. The number of hydrogen-bond donors (Lipinski definition) is 0. The number of rotatable bonds is 1. The Labute approximate surface area is 92.2 Å². The summed E-state index contributed by atoms with van der Waals surface area (Å²) in [5.74, 6) is -2.59.